The van der Waals surface area contributed by atoms with Crippen LogP contribution in [0.5, 0.6) is 5.75 Å². The van der Waals surface area contributed by atoms with Crippen molar-refractivity contribution in [2.45, 2.75) is 96.7 Å². The molecule has 0 amide bonds. The summed E-state index contributed by atoms with van der Waals surface area (Å²) in [4.78, 5) is 12.4. The maximum atomic E-state index is 12.4. The molecule has 0 spiro atoms. The van der Waals surface area contributed by atoms with Gasteiger partial charge in [-0.05, 0) is 123 Å². The van der Waals surface area contributed by atoms with Gasteiger partial charge in [-0.2, -0.15) is 0 Å². The van der Waals surface area contributed by atoms with Gasteiger partial charge in [-0.25, -0.2) is 4.79 Å². The fraction of sp³-hybridized carbons (Fsp3) is 0.759. The summed E-state index contributed by atoms with van der Waals surface area (Å²) < 4.78 is 11.2. The highest BCUT2D eigenvalue weighted by molar-refractivity contribution is 5.64. The molecule has 2 saturated carbocycles. The third-order valence-corrected chi connectivity index (χ3v) is 9.69. The Morgan fingerprint density at radius 1 is 1.18 bits per heavy atom. The van der Waals surface area contributed by atoms with E-state index in [-0.39, 0.29) is 17.6 Å². The second kappa shape index (κ2) is 9.81. The average Bonchev–Trinajstić information content (AvgIpc) is 3.12. The Labute approximate surface area is 205 Å². The Balaban J connectivity index is 1.36. The number of piperidine rings is 1. The molecule has 5 heteroatoms. The lowest BCUT2D eigenvalue weighted by Gasteiger charge is -2.53. The van der Waals surface area contributed by atoms with E-state index >= 15 is 0 Å². The summed E-state index contributed by atoms with van der Waals surface area (Å²) in [6, 6.07) is 6.28. The Hall–Kier alpha value is -1.59. The molecule has 0 unspecified atom stereocenters. The first-order valence-corrected chi connectivity index (χ1v) is 13.7. The molecule has 34 heavy (non-hydrogen) atoms. The molecule has 3 fully saturated rings. The standard InChI is InChI=1S/C29H43NO4/c1-18(2)4-5-19-16-20-17-22(34-28(32)33-21-11-14-30-15-12-21)6-7-23(20)24-10-13-29(3)25(27(19)24)8-9-26(29)31/h6-7,17-19,21,24-27,30-31H,4-5,8-16H2,1-3H3/t19-,24-,25+,26+,27-,29+/m1/s1. The molecule has 188 valence electrons. The predicted octanol–water partition coefficient (Wildman–Crippen LogP) is 5.83. The number of aliphatic hydroxyl groups is 1. The van der Waals surface area contributed by atoms with Crippen LogP contribution in [0.2, 0.25) is 0 Å². The van der Waals surface area contributed by atoms with Crippen LogP contribution >= 0.6 is 0 Å². The second-order valence-corrected chi connectivity index (χ2v) is 12.1. The number of hydrogen-bond donors (Lipinski definition) is 2. The number of hydrogen-bond acceptors (Lipinski definition) is 5. The van der Waals surface area contributed by atoms with Gasteiger partial charge in [0.2, 0.25) is 0 Å². The molecule has 1 aromatic rings. The van der Waals surface area contributed by atoms with E-state index in [4.69, 9.17) is 9.47 Å². The molecule has 6 atom stereocenters. The molecule has 1 heterocycles. The highest BCUT2D eigenvalue weighted by Crippen LogP contribution is 2.62. The van der Waals surface area contributed by atoms with Crippen LogP contribution in [-0.2, 0) is 11.2 Å². The lowest BCUT2D eigenvalue weighted by molar-refractivity contribution is -0.0399. The summed E-state index contributed by atoms with van der Waals surface area (Å²) in [5, 5.41) is 14.1. The molecule has 3 aliphatic carbocycles. The largest absolute Gasteiger partial charge is 0.514 e. The van der Waals surface area contributed by atoms with Crippen molar-refractivity contribution >= 4 is 6.16 Å². The van der Waals surface area contributed by atoms with Crippen LogP contribution in [0, 0.1) is 29.1 Å². The van der Waals surface area contributed by atoms with E-state index in [0.717, 1.165) is 58.0 Å². The number of benzene rings is 1. The van der Waals surface area contributed by atoms with Crippen LogP contribution < -0.4 is 10.1 Å². The second-order valence-electron chi connectivity index (χ2n) is 12.1. The average molecular weight is 470 g/mol. The monoisotopic (exact) mass is 469 g/mol. The third-order valence-electron chi connectivity index (χ3n) is 9.69. The molecular weight excluding hydrogens is 426 g/mol. The third kappa shape index (κ3) is 4.63. The van der Waals surface area contributed by atoms with Gasteiger partial charge in [0.05, 0.1) is 6.10 Å². The van der Waals surface area contributed by atoms with E-state index in [1.54, 1.807) is 0 Å². The molecule has 1 saturated heterocycles. The van der Waals surface area contributed by atoms with E-state index in [2.05, 4.69) is 38.2 Å². The zero-order valence-electron chi connectivity index (χ0n) is 21.2. The van der Waals surface area contributed by atoms with Gasteiger partial charge >= 0.3 is 6.16 Å². The highest BCUT2D eigenvalue weighted by atomic mass is 16.7. The Kier molecular flexibility index (Phi) is 6.96. The first-order chi connectivity index (χ1) is 16.3. The van der Waals surface area contributed by atoms with Crippen molar-refractivity contribution in [3.63, 3.8) is 0 Å². The van der Waals surface area contributed by atoms with Gasteiger partial charge in [0.1, 0.15) is 11.9 Å². The summed E-state index contributed by atoms with van der Waals surface area (Å²) in [5.41, 5.74) is 2.88. The van der Waals surface area contributed by atoms with Crippen LogP contribution in [0.15, 0.2) is 18.2 Å². The number of rotatable bonds is 5. The summed E-state index contributed by atoms with van der Waals surface area (Å²) in [5.74, 6) is 3.76. The van der Waals surface area contributed by atoms with Crippen LogP contribution in [-0.4, -0.2) is 36.6 Å². The smallest absolute Gasteiger partial charge is 0.431 e. The molecule has 1 aliphatic heterocycles. The lowest BCUT2D eigenvalue weighted by Crippen LogP contribution is -2.47. The summed E-state index contributed by atoms with van der Waals surface area (Å²) >= 11 is 0. The number of fused-ring (bicyclic) bond motifs is 5. The van der Waals surface area contributed by atoms with Gasteiger partial charge < -0.3 is 19.9 Å². The van der Waals surface area contributed by atoms with Gasteiger partial charge in [0, 0.05) is 0 Å². The van der Waals surface area contributed by atoms with Crippen LogP contribution in [0.3, 0.4) is 0 Å². The maximum absolute atomic E-state index is 12.4. The first kappa shape index (κ1) is 24.1. The van der Waals surface area contributed by atoms with Crippen molar-refractivity contribution in [2.75, 3.05) is 13.1 Å². The van der Waals surface area contributed by atoms with E-state index in [9.17, 15) is 9.90 Å². The van der Waals surface area contributed by atoms with Gasteiger partial charge in [0.15, 0.2) is 0 Å². The van der Waals surface area contributed by atoms with Crippen molar-refractivity contribution < 1.29 is 19.4 Å². The Morgan fingerprint density at radius 2 is 1.97 bits per heavy atom. The van der Waals surface area contributed by atoms with Crippen molar-refractivity contribution in [1.29, 1.82) is 0 Å². The van der Waals surface area contributed by atoms with Crippen molar-refractivity contribution in [2.24, 2.45) is 29.1 Å². The molecule has 4 aliphatic rings. The zero-order valence-corrected chi connectivity index (χ0v) is 21.2. The highest BCUT2D eigenvalue weighted by Gasteiger charge is 2.56. The quantitative estimate of drug-likeness (QED) is 0.419. The van der Waals surface area contributed by atoms with Gasteiger partial charge in [0.25, 0.3) is 0 Å². The SMILES string of the molecule is CC(C)CC[C@@H]1Cc2cc(OC(=O)OC3CCNCC3)ccc2[C@H]2CC[C@]3(C)[C@@H](O)CC[C@H]3[C@H]12. The molecule has 5 rings (SSSR count). The van der Waals surface area contributed by atoms with Gasteiger partial charge in [-0.3, -0.25) is 0 Å². The summed E-state index contributed by atoms with van der Waals surface area (Å²) in [7, 11) is 0. The molecular formula is C29H43NO4. The van der Waals surface area contributed by atoms with Crippen LogP contribution in [0.25, 0.3) is 0 Å². The summed E-state index contributed by atoms with van der Waals surface area (Å²) in [6.07, 6.45) is 8.82. The molecule has 1 aromatic carbocycles. The zero-order chi connectivity index (χ0) is 23.9. The molecule has 0 aromatic heterocycles. The van der Waals surface area contributed by atoms with E-state index in [0.29, 0.717) is 35.3 Å². The Bertz CT molecular complexity index is 879. The molecule has 5 nitrogen and oxygen atoms in total. The van der Waals surface area contributed by atoms with Gasteiger partial charge in [-0.15, -0.1) is 0 Å². The maximum Gasteiger partial charge on any atom is 0.514 e. The van der Waals surface area contributed by atoms with Crippen LogP contribution in [0.1, 0.15) is 89.2 Å². The fourth-order valence-electron chi connectivity index (χ4n) is 7.80. The topological polar surface area (TPSA) is 67.8 Å². The number of aliphatic hydroxyl groups excluding tert-OH is 1. The van der Waals surface area contributed by atoms with Crippen LogP contribution in [0.4, 0.5) is 4.79 Å². The molecule has 0 radical (unpaired) electrons. The summed E-state index contributed by atoms with van der Waals surface area (Å²) in [6.45, 7) is 8.75. The number of ether oxygens (including phenoxy) is 2. The van der Waals surface area contributed by atoms with E-state index in [1.807, 2.05) is 6.07 Å². The number of nitrogens with one attached hydrogen (secondary N) is 1. The Morgan fingerprint density at radius 3 is 2.74 bits per heavy atom. The van der Waals surface area contributed by atoms with Crippen molar-refractivity contribution in [1.82, 2.24) is 5.32 Å². The van der Waals surface area contributed by atoms with E-state index in [1.165, 1.54) is 24.0 Å². The first-order valence-electron chi connectivity index (χ1n) is 13.7. The molecule has 0 bridgehead atoms. The van der Waals surface area contributed by atoms with Crippen molar-refractivity contribution in [3.05, 3.63) is 29.3 Å². The number of carbonyl (C=O) groups is 1. The minimum Gasteiger partial charge on any atom is -0.431 e. The number of carbonyl (C=O) groups excluding carboxylic acids is 1. The minimum absolute atomic E-state index is 0.0501. The van der Waals surface area contributed by atoms with Crippen molar-refractivity contribution in [3.8, 4) is 5.75 Å². The predicted molar refractivity (Wildman–Crippen MR) is 133 cm³/mol. The fourth-order valence-corrected chi connectivity index (χ4v) is 7.80. The van der Waals surface area contributed by atoms with Gasteiger partial charge in [-0.1, -0.05) is 33.3 Å². The minimum atomic E-state index is -0.578. The lowest BCUT2D eigenvalue weighted by atomic mass is 9.52. The van der Waals surface area contributed by atoms with E-state index < -0.39 is 6.16 Å². The normalized spacial score (nSPS) is 35.4. The molecule has 2 N–H and O–H groups in total.